The number of hydrogen-bond donors (Lipinski definition) is 1. The molecule has 0 bridgehead atoms. The maximum Gasteiger partial charge on any atom is 0.116 e. The van der Waals surface area contributed by atoms with Crippen molar-refractivity contribution in [1.29, 1.82) is 0 Å². The fraction of sp³-hybridized carbons (Fsp3) is 0.308. The third-order valence-corrected chi connectivity index (χ3v) is 5.84. The molecule has 3 aromatic rings. The van der Waals surface area contributed by atoms with E-state index in [0.717, 1.165) is 37.3 Å². The molecular formula is C26H31ClN2O. The quantitative estimate of drug-likeness (QED) is 0.496. The van der Waals surface area contributed by atoms with Crippen LogP contribution in [-0.4, -0.2) is 48.6 Å². The maximum atomic E-state index is 11.7. The number of rotatable bonds is 10. The molecule has 3 nitrogen and oxygen atoms in total. The highest BCUT2D eigenvalue weighted by atomic mass is 35.5. The summed E-state index contributed by atoms with van der Waals surface area (Å²) in [7, 11) is 4.26. The van der Waals surface area contributed by atoms with E-state index in [2.05, 4.69) is 48.2 Å². The van der Waals surface area contributed by atoms with E-state index in [1.54, 1.807) is 0 Å². The highest BCUT2D eigenvalue weighted by molar-refractivity contribution is 6.30. The maximum absolute atomic E-state index is 11.7. The number of aliphatic hydroxyl groups is 1. The van der Waals surface area contributed by atoms with Crippen LogP contribution in [0.2, 0.25) is 5.02 Å². The summed E-state index contributed by atoms with van der Waals surface area (Å²) < 4.78 is 0. The van der Waals surface area contributed by atoms with Crippen LogP contribution in [0.1, 0.15) is 23.1 Å². The molecule has 158 valence electrons. The van der Waals surface area contributed by atoms with E-state index in [1.807, 2.05) is 60.7 Å². The molecule has 1 unspecified atom stereocenters. The van der Waals surface area contributed by atoms with E-state index < -0.39 is 5.60 Å². The van der Waals surface area contributed by atoms with Crippen LogP contribution in [0, 0.1) is 0 Å². The van der Waals surface area contributed by atoms with Crippen molar-refractivity contribution >= 4 is 11.6 Å². The molecule has 0 saturated heterocycles. The number of benzene rings is 3. The number of hydrogen-bond acceptors (Lipinski definition) is 3. The van der Waals surface area contributed by atoms with Crippen molar-refractivity contribution in [2.45, 2.75) is 18.6 Å². The standard InChI is InChI=1S/C26H31ClN2O/c1-28(19-20-29(2)21-22-9-5-3-6-10-22)18-17-26(30,23-11-7-4-8-12-23)24-13-15-25(27)16-14-24/h3-16,30H,17-21H2,1-2H3. The zero-order valence-corrected chi connectivity index (χ0v) is 18.6. The molecule has 0 amide bonds. The van der Waals surface area contributed by atoms with Crippen LogP contribution in [0.4, 0.5) is 0 Å². The van der Waals surface area contributed by atoms with Gasteiger partial charge in [-0.05, 0) is 49.3 Å². The van der Waals surface area contributed by atoms with Gasteiger partial charge >= 0.3 is 0 Å². The molecule has 30 heavy (non-hydrogen) atoms. The first kappa shape index (κ1) is 22.5. The predicted molar refractivity (Wildman–Crippen MR) is 126 cm³/mol. The molecule has 4 heteroatoms. The van der Waals surface area contributed by atoms with Gasteiger partial charge in [-0.1, -0.05) is 84.4 Å². The monoisotopic (exact) mass is 422 g/mol. The summed E-state index contributed by atoms with van der Waals surface area (Å²) in [5.74, 6) is 0. The Bertz CT molecular complexity index is 886. The van der Waals surface area contributed by atoms with Crippen molar-refractivity contribution in [3.8, 4) is 0 Å². The van der Waals surface area contributed by atoms with Gasteiger partial charge in [0.25, 0.3) is 0 Å². The van der Waals surface area contributed by atoms with E-state index in [0.29, 0.717) is 11.4 Å². The topological polar surface area (TPSA) is 26.7 Å². The second-order valence-electron chi connectivity index (χ2n) is 8.01. The van der Waals surface area contributed by atoms with E-state index in [4.69, 9.17) is 11.6 Å². The largest absolute Gasteiger partial charge is 0.380 e. The summed E-state index contributed by atoms with van der Waals surface area (Å²) in [5.41, 5.74) is 2.05. The van der Waals surface area contributed by atoms with Crippen molar-refractivity contribution in [1.82, 2.24) is 9.80 Å². The minimum atomic E-state index is -1.05. The highest BCUT2D eigenvalue weighted by Gasteiger charge is 2.31. The first-order valence-electron chi connectivity index (χ1n) is 10.4. The van der Waals surface area contributed by atoms with E-state index in [1.165, 1.54) is 5.56 Å². The lowest BCUT2D eigenvalue weighted by Crippen LogP contribution is -2.36. The molecule has 0 aliphatic rings. The van der Waals surface area contributed by atoms with Gasteiger partial charge in [0.1, 0.15) is 5.60 Å². The van der Waals surface area contributed by atoms with Crippen LogP contribution >= 0.6 is 11.6 Å². The van der Waals surface area contributed by atoms with Gasteiger partial charge in [-0.15, -0.1) is 0 Å². The normalized spacial score (nSPS) is 13.5. The third kappa shape index (κ3) is 6.16. The SMILES string of the molecule is CN(CCN(C)Cc1ccccc1)CCC(O)(c1ccccc1)c1ccc(Cl)cc1. The molecule has 0 aliphatic heterocycles. The molecule has 0 heterocycles. The Morgan fingerprint density at radius 3 is 1.87 bits per heavy atom. The van der Waals surface area contributed by atoms with Gasteiger partial charge in [-0.3, -0.25) is 0 Å². The van der Waals surface area contributed by atoms with E-state index in [-0.39, 0.29) is 0 Å². The average molecular weight is 423 g/mol. The van der Waals surface area contributed by atoms with Crippen molar-refractivity contribution in [3.63, 3.8) is 0 Å². The zero-order chi connectivity index (χ0) is 21.4. The van der Waals surface area contributed by atoms with Gasteiger partial charge in [0, 0.05) is 31.2 Å². The molecule has 0 aromatic heterocycles. The minimum absolute atomic E-state index is 0.609. The third-order valence-electron chi connectivity index (χ3n) is 5.59. The Balaban J connectivity index is 1.60. The summed E-state index contributed by atoms with van der Waals surface area (Å²) in [6.45, 7) is 3.63. The molecule has 0 spiro atoms. The molecular weight excluding hydrogens is 392 g/mol. The van der Waals surface area contributed by atoms with Crippen LogP contribution in [0.5, 0.6) is 0 Å². The van der Waals surface area contributed by atoms with Crippen molar-refractivity contribution in [3.05, 3.63) is 107 Å². The Hall–Kier alpha value is -2.17. The van der Waals surface area contributed by atoms with Crippen molar-refractivity contribution in [2.75, 3.05) is 33.7 Å². The highest BCUT2D eigenvalue weighted by Crippen LogP contribution is 2.33. The molecule has 0 aliphatic carbocycles. The van der Waals surface area contributed by atoms with Gasteiger partial charge in [-0.2, -0.15) is 0 Å². The zero-order valence-electron chi connectivity index (χ0n) is 17.8. The van der Waals surface area contributed by atoms with Gasteiger partial charge in [0.15, 0.2) is 0 Å². The summed E-state index contributed by atoms with van der Waals surface area (Å²) in [5, 5.41) is 12.4. The Labute approximate surface area is 185 Å². The number of likely N-dealkylation sites (N-methyl/N-ethyl adjacent to an activating group) is 2. The predicted octanol–water partition coefficient (Wildman–Crippen LogP) is 5.03. The lowest BCUT2D eigenvalue weighted by molar-refractivity contribution is 0.0595. The van der Waals surface area contributed by atoms with Crippen LogP contribution in [0.25, 0.3) is 0 Å². The fourth-order valence-electron chi connectivity index (χ4n) is 3.67. The second kappa shape index (κ2) is 10.7. The van der Waals surface area contributed by atoms with Gasteiger partial charge in [0.05, 0.1) is 0 Å². The van der Waals surface area contributed by atoms with E-state index in [9.17, 15) is 5.11 Å². The fourth-order valence-corrected chi connectivity index (χ4v) is 3.80. The van der Waals surface area contributed by atoms with Gasteiger partial charge in [0.2, 0.25) is 0 Å². The van der Waals surface area contributed by atoms with Gasteiger partial charge < -0.3 is 14.9 Å². The van der Waals surface area contributed by atoms with Crippen molar-refractivity contribution in [2.24, 2.45) is 0 Å². The molecule has 0 saturated carbocycles. The molecule has 0 radical (unpaired) electrons. The molecule has 1 atom stereocenters. The summed E-state index contributed by atoms with van der Waals surface area (Å²) in [4.78, 5) is 4.61. The summed E-state index contributed by atoms with van der Waals surface area (Å²) in [6, 6.07) is 27.9. The minimum Gasteiger partial charge on any atom is -0.380 e. The van der Waals surface area contributed by atoms with Crippen LogP contribution in [0.15, 0.2) is 84.9 Å². The molecule has 0 fully saturated rings. The smallest absolute Gasteiger partial charge is 0.116 e. The Kier molecular flexibility index (Phi) is 8.06. The molecule has 1 N–H and O–H groups in total. The lowest BCUT2D eigenvalue weighted by Gasteiger charge is -2.32. The molecule has 3 rings (SSSR count). The first-order valence-corrected chi connectivity index (χ1v) is 10.8. The number of halogens is 1. The number of nitrogens with zero attached hydrogens (tertiary/aromatic N) is 2. The Morgan fingerprint density at radius 1 is 0.700 bits per heavy atom. The van der Waals surface area contributed by atoms with Crippen LogP contribution in [-0.2, 0) is 12.1 Å². The lowest BCUT2D eigenvalue weighted by atomic mass is 9.83. The molecule has 3 aromatic carbocycles. The van der Waals surface area contributed by atoms with E-state index >= 15 is 0 Å². The summed E-state index contributed by atoms with van der Waals surface area (Å²) >= 11 is 6.07. The van der Waals surface area contributed by atoms with Gasteiger partial charge in [-0.25, -0.2) is 0 Å². The average Bonchev–Trinajstić information content (AvgIpc) is 2.78. The van der Waals surface area contributed by atoms with Crippen LogP contribution in [0.3, 0.4) is 0 Å². The second-order valence-corrected chi connectivity index (χ2v) is 8.45. The Morgan fingerprint density at radius 2 is 1.23 bits per heavy atom. The summed E-state index contributed by atoms with van der Waals surface area (Å²) in [6.07, 6.45) is 0.609. The van der Waals surface area contributed by atoms with Crippen molar-refractivity contribution < 1.29 is 5.11 Å². The van der Waals surface area contributed by atoms with Crippen LogP contribution < -0.4 is 0 Å². The first-order chi connectivity index (χ1) is 14.5.